The van der Waals surface area contributed by atoms with Crippen molar-refractivity contribution in [3.63, 3.8) is 0 Å². The normalized spacial score (nSPS) is 13.5. The highest BCUT2D eigenvalue weighted by molar-refractivity contribution is 6.30. The topological polar surface area (TPSA) is 57.5 Å². The molecular formula is C10H8ClF3O3. The van der Waals surface area contributed by atoms with Gasteiger partial charge in [-0.1, -0.05) is 11.6 Å². The molecule has 0 spiro atoms. The van der Waals surface area contributed by atoms with Crippen molar-refractivity contribution in [3.05, 3.63) is 28.3 Å². The molecule has 0 aliphatic rings. The van der Waals surface area contributed by atoms with Crippen LogP contribution in [0.5, 0.6) is 5.75 Å². The first kappa shape index (κ1) is 13.6. The van der Waals surface area contributed by atoms with Gasteiger partial charge in [0.15, 0.2) is 0 Å². The Hall–Kier alpha value is -1.43. The molecular weight excluding hydrogens is 261 g/mol. The lowest BCUT2D eigenvalue weighted by Gasteiger charge is -2.15. The van der Waals surface area contributed by atoms with Crippen LogP contribution >= 0.6 is 11.6 Å². The first-order valence-electron chi connectivity index (χ1n) is 4.47. The summed E-state index contributed by atoms with van der Waals surface area (Å²) in [6.45, 7) is 1.16. The molecule has 0 amide bonds. The van der Waals surface area contributed by atoms with E-state index in [9.17, 15) is 23.1 Å². The molecule has 3 nitrogen and oxygen atoms in total. The van der Waals surface area contributed by atoms with Gasteiger partial charge in [0.1, 0.15) is 5.75 Å². The third-order valence-electron chi connectivity index (χ3n) is 2.25. The van der Waals surface area contributed by atoms with Crippen molar-refractivity contribution in [3.8, 4) is 5.75 Å². The summed E-state index contributed by atoms with van der Waals surface area (Å²) in [6.07, 6.45) is -4.79. The molecule has 17 heavy (non-hydrogen) atoms. The van der Waals surface area contributed by atoms with E-state index in [1.807, 2.05) is 0 Å². The molecule has 1 aromatic carbocycles. The Bertz CT molecular complexity index is 457. The van der Waals surface area contributed by atoms with Crippen LogP contribution in [0.4, 0.5) is 13.2 Å². The zero-order valence-corrected chi connectivity index (χ0v) is 9.30. The largest absolute Gasteiger partial charge is 0.507 e. The van der Waals surface area contributed by atoms with Crippen LogP contribution in [0.1, 0.15) is 24.0 Å². The van der Waals surface area contributed by atoms with Crippen LogP contribution in [-0.4, -0.2) is 16.2 Å². The number of phenols is 1. The molecule has 0 bridgehead atoms. The number of aromatic hydroxyl groups is 1. The molecule has 0 aliphatic carbocycles. The third-order valence-corrected chi connectivity index (χ3v) is 2.46. The molecule has 0 fully saturated rings. The van der Waals surface area contributed by atoms with Gasteiger partial charge in [-0.05, 0) is 19.1 Å². The highest BCUT2D eigenvalue weighted by Gasteiger charge is 2.36. The second-order valence-corrected chi connectivity index (χ2v) is 3.89. The number of carboxylic acids is 1. The zero-order valence-electron chi connectivity index (χ0n) is 8.55. The summed E-state index contributed by atoms with van der Waals surface area (Å²) < 4.78 is 37.5. The number of alkyl halides is 3. The molecule has 7 heteroatoms. The van der Waals surface area contributed by atoms with E-state index in [1.54, 1.807) is 0 Å². The molecule has 2 N–H and O–H groups in total. The van der Waals surface area contributed by atoms with Crippen molar-refractivity contribution in [2.45, 2.75) is 19.0 Å². The number of carboxylic acid groups (broad SMARTS) is 1. The van der Waals surface area contributed by atoms with E-state index in [1.165, 1.54) is 0 Å². The Kier molecular flexibility index (Phi) is 3.56. The summed E-state index contributed by atoms with van der Waals surface area (Å²) in [4.78, 5) is 10.7. The van der Waals surface area contributed by atoms with E-state index in [2.05, 4.69) is 0 Å². The molecule has 94 valence electrons. The van der Waals surface area contributed by atoms with Crippen LogP contribution in [0.15, 0.2) is 12.1 Å². The predicted molar refractivity (Wildman–Crippen MR) is 54.2 cm³/mol. The smallest absolute Gasteiger partial charge is 0.420 e. The minimum Gasteiger partial charge on any atom is -0.507 e. The van der Waals surface area contributed by atoms with Crippen molar-refractivity contribution in [1.82, 2.24) is 0 Å². The third kappa shape index (κ3) is 2.82. The number of phenolic OH excluding ortho intramolecular Hbond substituents is 1. The molecule has 1 unspecified atom stereocenters. The van der Waals surface area contributed by atoms with Gasteiger partial charge in [0.05, 0.1) is 11.5 Å². The minimum atomic E-state index is -4.79. The fourth-order valence-corrected chi connectivity index (χ4v) is 1.53. The first-order valence-corrected chi connectivity index (χ1v) is 4.84. The van der Waals surface area contributed by atoms with E-state index in [-0.39, 0.29) is 10.6 Å². The van der Waals surface area contributed by atoms with Crippen molar-refractivity contribution in [1.29, 1.82) is 0 Å². The lowest BCUT2D eigenvalue weighted by atomic mass is 9.97. The van der Waals surface area contributed by atoms with Gasteiger partial charge in [-0.25, -0.2) is 0 Å². The minimum absolute atomic E-state index is 0.279. The van der Waals surface area contributed by atoms with E-state index in [4.69, 9.17) is 16.7 Å². The van der Waals surface area contributed by atoms with Gasteiger partial charge in [-0.3, -0.25) is 4.79 Å². The van der Waals surface area contributed by atoms with Gasteiger partial charge < -0.3 is 10.2 Å². The Morgan fingerprint density at radius 2 is 1.94 bits per heavy atom. The summed E-state index contributed by atoms with van der Waals surface area (Å²) >= 11 is 5.47. The number of aliphatic carboxylic acids is 1. The van der Waals surface area contributed by atoms with Gasteiger partial charge in [0.25, 0.3) is 0 Å². The summed E-state index contributed by atoms with van der Waals surface area (Å²) in [6, 6.07) is 1.56. The van der Waals surface area contributed by atoms with Crippen molar-refractivity contribution in [2.75, 3.05) is 0 Å². The molecule has 0 saturated carbocycles. The van der Waals surface area contributed by atoms with Gasteiger partial charge in [-0.15, -0.1) is 0 Å². The van der Waals surface area contributed by atoms with Crippen molar-refractivity contribution < 1.29 is 28.2 Å². The summed E-state index contributed by atoms with van der Waals surface area (Å²) in [5, 5.41) is 17.9. The molecule has 0 heterocycles. The SMILES string of the molecule is CC(C(=O)O)c1cc(Cl)cc(C(F)(F)F)c1O. The van der Waals surface area contributed by atoms with Crippen LogP contribution in [0.25, 0.3) is 0 Å². The number of halogens is 4. The summed E-state index contributed by atoms with van der Waals surface area (Å²) in [5.74, 6) is -3.73. The lowest BCUT2D eigenvalue weighted by Crippen LogP contribution is -2.11. The van der Waals surface area contributed by atoms with Gasteiger partial charge >= 0.3 is 12.1 Å². The summed E-state index contributed by atoms with van der Waals surface area (Å²) in [5.41, 5.74) is -1.70. The average Bonchev–Trinajstić information content (AvgIpc) is 2.18. The molecule has 1 aromatic rings. The lowest BCUT2D eigenvalue weighted by molar-refractivity contribution is -0.140. The fourth-order valence-electron chi connectivity index (χ4n) is 1.30. The Morgan fingerprint density at radius 1 is 1.41 bits per heavy atom. The summed E-state index contributed by atoms with van der Waals surface area (Å²) in [7, 11) is 0. The average molecular weight is 269 g/mol. The second kappa shape index (κ2) is 4.44. The molecule has 1 rings (SSSR count). The van der Waals surface area contributed by atoms with Gasteiger partial charge in [0, 0.05) is 10.6 Å². The van der Waals surface area contributed by atoms with E-state index in [0.29, 0.717) is 6.07 Å². The Morgan fingerprint density at radius 3 is 2.35 bits per heavy atom. The Labute approximate surface area is 99.4 Å². The molecule has 0 aliphatic heterocycles. The maximum atomic E-state index is 12.5. The zero-order chi connectivity index (χ0) is 13.4. The quantitative estimate of drug-likeness (QED) is 0.865. The van der Waals surface area contributed by atoms with Gasteiger partial charge in [-0.2, -0.15) is 13.2 Å². The number of benzene rings is 1. The van der Waals surface area contributed by atoms with Crippen LogP contribution in [0.3, 0.4) is 0 Å². The molecule has 1 atom stereocenters. The van der Waals surface area contributed by atoms with E-state index in [0.717, 1.165) is 13.0 Å². The van der Waals surface area contributed by atoms with Crippen LogP contribution in [-0.2, 0) is 11.0 Å². The molecule has 0 aromatic heterocycles. The first-order chi connectivity index (χ1) is 7.64. The van der Waals surface area contributed by atoms with Crippen LogP contribution in [0, 0.1) is 0 Å². The predicted octanol–water partition coefficient (Wildman–Crippen LogP) is 3.25. The standard InChI is InChI=1S/C10H8ClF3O3/c1-4(9(16)17)6-2-5(11)3-7(8(6)15)10(12,13)14/h2-4,15H,1H3,(H,16,17). The number of carbonyl (C=O) groups is 1. The number of hydrogen-bond donors (Lipinski definition) is 2. The monoisotopic (exact) mass is 268 g/mol. The number of rotatable bonds is 2. The van der Waals surface area contributed by atoms with Crippen LogP contribution < -0.4 is 0 Å². The van der Waals surface area contributed by atoms with Crippen LogP contribution in [0.2, 0.25) is 5.02 Å². The maximum absolute atomic E-state index is 12.5. The second-order valence-electron chi connectivity index (χ2n) is 3.45. The van der Waals surface area contributed by atoms with Crippen molar-refractivity contribution in [2.24, 2.45) is 0 Å². The maximum Gasteiger partial charge on any atom is 0.420 e. The number of hydrogen-bond acceptors (Lipinski definition) is 2. The molecule has 0 saturated heterocycles. The van der Waals surface area contributed by atoms with E-state index >= 15 is 0 Å². The van der Waals surface area contributed by atoms with E-state index < -0.39 is 29.4 Å². The van der Waals surface area contributed by atoms with Gasteiger partial charge in [0.2, 0.25) is 0 Å². The Balaban J connectivity index is 3.44. The highest BCUT2D eigenvalue weighted by atomic mass is 35.5. The van der Waals surface area contributed by atoms with Crippen molar-refractivity contribution >= 4 is 17.6 Å². The fraction of sp³-hybridized carbons (Fsp3) is 0.300. The highest BCUT2D eigenvalue weighted by Crippen LogP contribution is 2.41. The molecule has 0 radical (unpaired) electrons.